The number of benzene rings is 1. The van der Waals surface area contributed by atoms with Gasteiger partial charge in [0.05, 0.1) is 21.3 Å². The summed E-state index contributed by atoms with van der Waals surface area (Å²) in [6, 6.07) is 3.59. The summed E-state index contributed by atoms with van der Waals surface area (Å²) in [5, 5.41) is 2.80. The number of carbonyl (C=O) groups is 2. The van der Waals surface area contributed by atoms with Gasteiger partial charge in [0.15, 0.2) is 18.1 Å². The fourth-order valence-electron chi connectivity index (χ4n) is 3.29. The van der Waals surface area contributed by atoms with Crippen molar-refractivity contribution >= 4 is 11.9 Å². The number of hydrogen-bond acceptors (Lipinski definition) is 6. The van der Waals surface area contributed by atoms with E-state index in [9.17, 15) is 9.59 Å². The summed E-state index contributed by atoms with van der Waals surface area (Å²) >= 11 is 0. The number of carbonyl (C=O) groups excluding carboxylic acids is 2. The average Bonchev–Trinajstić information content (AvgIpc) is 2.76. The molecule has 1 aromatic carbocycles. The van der Waals surface area contributed by atoms with Crippen molar-refractivity contribution in [1.29, 1.82) is 0 Å². The number of amides is 1. The molecule has 0 saturated carbocycles. The zero-order chi connectivity index (χ0) is 21.1. The van der Waals surface area contributed by atoms with Crippen molar-refractivity contribution < 1.29 is 28.5 Å². The molecule has 0 spiro atoms. The van der Waals surface area contributed by atoms with Crippen molar-refractivity contribution in [3.63, 3.8) is 0 Å². The first-order valence-electron chi connectivity index (χ1n) is 9.96. The summed E-state index contributed by atoms with van der Waals surface area (Å²) in [4.78, 5) is 23.8. The third-order valence-electron chi connectivity index (χ3n) is 4.86. The van der Waals surface area contributed by atoms with Crippen LogP contribution in [0.15, 0.2) is 23.8 Å². The van der Waals surface area contributed by atoms with Gasteiger partial charge in [-0.15, -0.1) is 0 Å². The molecule has 7 nitrogen and oxygen atoms in total. The van der Waals surface area contributed by atoms with Crippen LogP contribution < -0.4 is 19.5 Å². The molecule has 1 aliphatic rings. The van der Waals surface area contributed by atoms with Crippen LogP contribution in [0.25, 0.3) is 0 Å². The normalized spacial score (nSPS) is 13.3. The number of methoxy groups -OCH3 is 3. The van der Waals surface area contributed by atoms with Gasteiger partial charge in [0, 0.05) is 13.0 Å². The van der Waals surface area contributed by atoms with E-state index in [1.807, 2.05) is 0 Å². The molecule has 0 saturated heterocycles. The highest BCUT2D eigenvalue weighted by Crippen LogP contribution is 2.38. The van der Waals surface area contributed by atoms with Gasteiger partial charge in [-0.05, 0) is 56.2 Å². The molecule has 0 atom stereocenters. The number of ether oxygens (including phenoxy) is 4. The van der Waals surface area contributed by atoms with Crippen molar-refractivity contribution in [2.75, 3.05) is 34.5 Å². The van der Waals surface area contributed by atoms with Gasteiger partial charge in [-0.2, -0.15) is 0 Å². The van der Waals surface area contributed by atoms with E-state index in [1.54, 1.807) is 26.4 Å². The van der Waals surface area contributed by atoms with Gasteiger partial charge in [-0.1, -0.05) is 11.6 Å². The van der Waals surface area contributed by atoms with Crippen LogP contribution in [0.5, 0.6) is 17.2 Å². The predicted octanol–water partition coefficient (Wildman–Crippen LogP) is 3.19. The van der Waals surface area contributed by atoms with E-state index < -0.39 is 5.97 Å². The molecular weight excluding hydrogens is 374 g/mol. The highest BCUT2D eigenvalue weighted by molar-refractivity contribution is 5.80. The van der Waals surface area contributed by atoms with Gasteiger partial charge in [0.25, 0.3) is 5.91 Å². The summed E-state index contributed by atoms with van der Waals surface area (Å²) in [5.74, 6) is 0.860. The summed E-state index contributed by atoms with van der Waals surface area (Å²) < 4.78 is 21.0. The second-order valence-corrected chi connectivity index (χ2v) is 6.90. The third kappa shape index (κ3) is 7.33. The lowest BCUT2D eigenvalue weighted by Crippen LogP contribution is -2.29. The van der Waals surface area contributed by atoms with Crippen molar-refractivity contribution in [3.05, 3.63) is 29.3 Å². The molecule has 1 amide bonds. The maximum Gasteiger partial charge on any atom is 0.306 e. The van der Waals surface area contributed by atoms with E-state index in [2.05, 4.69) is 11.4 Å². The van der Waals surface area contributed by atoms with E-state index in [1.165, 1.54) is 25.5 Å². The zero-order valence-corrected chi connectivity index (χ0v) is 17.5. The topological polar surface area (TPSA) is 83.1 Å². The van der Waals surface area contributed by atoms with Crippen LogP contribution >= 0.6 is 0 Å². The van der Waals surface area contributed by atoms with Gasteiger partial charge >= 0.3 is 5.97 Å². The first-order valence-corrected chi connectivity index (χ1v) is 9.96. The van der Waals surface area contributed by atoms with Crippen molar-refractivity contribution in [2.45, 2.75) is 44.9 Å². The predicted molar refractivity (Wildman–Crippen MR) is 110 cm³/mol. The van der Waals surface area contributed by atoms with Gasteiger partial charge < -0.3 is 24.3 Å². The molecule has 0 radical (unpaired) electrons. The number of esters is 1. The minimum atomic E-state index is -0.427. The van der Waals surface area contributed by atoms with Gasteiger partial charge in [0.1, 0.15) is 0 Å². The highest BCUT2D eigenvalue weighted by Gasteiger charge is 2.14. The first-order chi connectivity index (χ1) is 14.1. The number of allylic oxidation sites excluding steroid dienone is 1. The Labute approximate surface area is 172 Å². The fourth-order valence-corrected chi connectivity index (χ4v) is 3.29. The molecule has 160 valence electrons. The lowest BCUT2D eigenvalue weighted by molar-refractivity contribution is -0.148. The molecule has 0 aromatic heterocycles. The summed E-state index contributed by atoms with van der Waals surface area (Å²) in [6.07, 6.45) is 8.44. The Morgan fingerprint density at radius 3 is 2.31 bits per heavy atom. The quantitative estimate of drug-likeness (QED) is 0.450. The average molecular weight is 405 g/mol. The van der Waals surface area contributed by atoms with Gasteiger partial charge in [-0.3, -0.25) is 9.59 Å². The molecule has 0 bridgehead atoms. The van der Waals surface area contributed by atoms with Crippen molar-refractivity contribution in [1.82, 2.24) is 5.32 Å². The monoisotopic (exact) mass is 405 g/mol. The van der Waals surface area contributed by atoms with Crippen LogP contribution in [0.3, 0.4) is 0 Å². The van der Waals surface area contributed by atoms with E-state index in [4.69, 9.17) is 18.9 Å². The second-order valence-electron chi connectivity index (χ2n) is 6.90. The van der Waals surface area contributed by atoms with Crippen molar-refractivity contribution in [2.24, 2.45) is 0 Å². The van der Waals surface area contributed by atoms with Crippen LogP contribution in [0.1, 0.15) is 44.1 Å². The zero-order valence-electron chi connectivity index (χ0n) is 17.5. The van der Waals surface area contributed by atoms with Crippen LogP contribution in [-0.2, 0) is 20.7 Å². The first kappa shape index (κ1) is 22.6. The lowest BCUT2D eigenvalue weighted by Gasteiger charge is -2.14. The van der Waals surface area contributed by atoms with E-state index in [0.29, 0.717) is 30.2 Å². The molecule has 1 aromatic rings. The molecule has 0 fully saturated rings. The Morgan fingerprint density at radius 1 is 1.00 bits per heavy atom. The standard InChI is InChI=1S/C22H31NO6/c1-26-18-13-17(14-19(27-2)22(18)28-3)9-10-21(25)29-15-20(24)23-12-11-16-7-5-4-6-8-16/h7,13-14H,4-6,8-12,15H2,1-3H3,(H,23,24). The molecule has 0 heterocycles. The molecule has 7 heteroatoms. The summed E-state index contributed by atoms with van der Waals surface area (Å²) in [7, 11) is 4.62. The number of hydrogen-bond donors (Lipinski definition) is 1. The largest absolute Gasteiger partial charge is 0.493 e. The summed E-state index contributed by atoms with van der Waals surface area (Å²) in [6.45, 7) is 0.320. The Kier molecular flexibility index (Phi) is 9.34. The van der Waals surface area contributed by atoms with E-state index in [-0.39, 0.29) is 18.9 Å². The molecule has 1 aliphatic carbocycles. The van der Waals surface area contributed by atoms with Crippen molar-refractivity contribution in [3.8, 4) is 17.2 Å². The maximum atomic E-state index is 12.0. The van der Waals surface area contributed by atoms with Gasteiger partial charge in [0.2, 0.25) is 5.75 Å². The molecular formula is C22H31NO6. The van der Waals surface area contributed by atoms with Crippen LogP contribution in [-0.4, -0.2) is 46.4 Å². The van der Waals surface area contributed by atoms with E-state index >= 15 is 0 Å². The Hall–Kier alpha value is -2.70. The minimum Gasteiger partial charge on any atom is -0.493 e. The highest BCUT2D eigenvalue weighted by atomic mass is 16.5. The Balaban J connectivity index is 1.72. The molecule has 0 unspecified atom stereocenters. The second kappa shape index (κ2) is 12.0. The SMILES string of the molecule is COc1cc(CCC(=O)OCC(=O)NCCC2=CCCCC2)cc(OC)c1OC. The van der Waals surface area contributed by atoms with Crippen LogP contribution in [0.2, 0.25) is 0 Å². The van der Waals surface area contributed by atoms with Crippen LogP contribution in [0, 0.1) is 0 Å². The molecule has 29 heavy (non-hydrogen) atoms. The smallest absolute Gasteiger partial charge is 0.306 e. The van der Waals surface area contributed by atoms with Gasteiger partial charge in [-0.25, -0.2) is 0 Å². The fraction of sp³-hybridized carbons (Fsp3) is 0.545. The number of aryl methyl sites for hydroxylation is 1. The third-order valence-corrected chi connectivity index (χ3v) is 4.86. The molecule has 1 N–H and O–H groups in total. The Bertz CT molecular complexity index is 703. The molecule has 0 aliphatic heterocycles. The molecule has 2 rings (SSSR count). The Morgan fingerprint density at radius 2 is 1.72 bits per heavy atom. The van der Waals surface area contributed by atoms with E-state index in [0.717, 1.165) is 24.8 Å². The maximum absolute atomic E-state index is 12.0. The lowest BCUT2D eigenvalue weighted by atomic mass is 9.97. The summed E-state index contributed by atoms with van der Waals surface area (Å²) in [5.41, 5.74) is 2.25. The van der Waals surface area contributed by atoms with Crippen LogP contribution in [0.4, 0.5) is 0 Å². The minimum absolute atomic E-state index is 0.152. The number of rotatable bonds is 11. The number of nitrogens with one attached hydrogen (secondary N) is 1.